The molecule has 0 radical (unpaired) electrons. The number of sulfonamides is 1. The van der Waals surface area contributed by atoms with E-state index in [9.17, 15) is 13.2 Å². The average Bonchev–Trinajstić information content (AvgIpc) is 2.59. The molecule has 0 amide bonds. The number of carbonyl (C=O) groups excluding carboxylic acids is 1. The maximum Gasteiger partial charge on any atom is 0.242 e. The lowest BCUT2D eigenvalue weighted by atomic mass is 9.97. The second-order valence-electron chi connectivity index (χ2n) is 6.82. The number of rotatable bonds is 7. The molecular weight excluding hydrogens is 348 g/mol. The fourth-order valence-corrected chi connectivity index (χ4v) is 3.71. The first-order valence-corrected chi connectivity index (χ1v) is 9.97. The number of hydrogen-bond acceptors (Lipinski definition) is 4. The minimum atomic E-state index is -3.56. The van der Waals surface area contributed by atoms with Gasteiger partial charge in [-0.3, -0.25) is 4.79 Å². The highest BCUT2D eigenvalue weighted by Crippen LogP contribution is 2.22. The summed E-state index contributed by atoms with van der Waals surface area (Å²) in [5.41, 5.74) is 3.70. The van der Waals surface area contributed by atoms with Crippen LogP contribution in [0.15, 0.2) is 47.4 Å². The number of benzene rings is 2. The van der Waals surface area contributed by atoms with Gasteiger partial charge in [0.2, 0.25) is 10.0 Å². The third kappa shape index (κ3) is 4.51. The van der Waals surface area contributed by atoms with Gasteiger partial charge in [-0.15, -0.1) is 0 Å². The van der Waals surface area contributed by atoms with Crippen LogP contribution in [0.3, 0.4) is 0 Å². The van der Waals surface area contributed by atoms with Crippen LogP contribution >= 0.6 is 0 Å². The van der Waals surface area contributed by atoms with Gasteiger partial charge in [0, 0.05) is 25.3 Å². The van der Waals surface area contributed by atoms with Crippen molar-refractivity contribution >= 4 is 21.5 Å². The topological polar surface area (TPSA) is 66.5 Å². The molecule has 0 heterocycles. The highest BCUT2D eigenvalue weighted by molar-refractivity contribution is 7.89. The number of Topliss-reactive ketones (excluding diaryl/α,β-unsaturated/α-hetero) is 1. The summed E-state index contributed by atoms with van der Waals surface area (Å²) in [7, 11) is -0.624. The molecule has 2 aromatic rings. The molecule has 0 saturated carbocycles. The van der Waals surface area contributed by atoms with Gasteiger partial charge in [0.05, 0.1) is 11.4 Å². The van der Waals surface area contributed by atoms with Crippen LogP contribution < -0.4 is 5.32 Å². The molecule has 26 heavy (non-hydrogen) atoms. The predicted molar refractivity (Wildman–Crippen MR) is 105 cm³/mol. The molecule has 0 aromatic heterocycles. The summed E-state index contributed by atoms with van der Waals surface area (Å²) in [4.78, 5) is 12.6. The minimum absolute atomic E-state index is 0.103. The second-order valence-corrected chi connectivity index (χ2v) is 8.97. The van der Waals surface area contributed by atoms with Crippen LogP contribution in [0.25, 0.3) is 0 Å². The molecule has 0 bridgehead atoms. The molecule has 0 unspecified atom stereocenters. The van der Waals surface area contributed by atoms with E-state index in [4.69, 9.17) is 0 Å². The smallest absolute Gasteiger partial charge is 0.242 e. The summed E-state index contributed by atoms with van der Waals surface area (Å²) < 4.78 is 25.6. The Balaban J connectivity index is 2.13. The standard InChI is InChI=1S/C20H26N2O3S/c1-14(2)19-10-9-17(11-15(19)3)21-13-20(23)16-7-6-8-18(12-16)26(24,25)22(4)5/h6-12,14,21H,13H2,1-5H3. The third-order valence-electron chi connectivity index (χ3n) is 4.28. The van der Waals surface area contributed by atoms with Crippen LogP contribution in [0.2, 0.25) is 0 Å². The van der Waals surface area contributed by atoms with E-state index in [-0.39, 0.29) is 17.2 Å². The highest BCUT2D eigenvalue weighted by Gasteiger charge is 2.18. The largest absolute Gasteiger partial charge is 0.378 e. The number of nitrogens with one attached hydrogen (secondary N) is 1. The zero-order chi connectivity index (χ0) is 19.5. The number of ketones is 1. The normalized spacial score (nSPS) is 11.8. The first kappa shape index (κ1) is 20.1. The van der Waals surface area contributed by atoms with Gasteiger partial charge in [-0.05, 0) is 48.2 Å². The van der Waals surface area contributed by atoms with Crippen molar-refractivity contribution in [3.05, 3.63) is 59.2 Å². The molecule has 0 spiro atoms. The Bertz CT molecular complexity index is 903. The van der Waals surface area contributed by atoms with Crippen molar-refractivity contribution in [3.63, 3.8) is 0 Å². The van der Waals surface area contributed by atoms with E-state index in [1.54, 1.807) is 12.1 Å². The lowest BCUT2D eigenvalue weighted by molar-refractivity contribution is 0.101. The molecule has 2 rings (SSSR count). The minimum Gasteiger partial charge on any atom is -0.378 e. The summed E-state index contributed by atoms with van der Waals surface area (Å²) >= 11 is 0. The molecule has 0 saturated heterocycles. The van der Waals surface area contributed by atoms with Crippen LogP contribution in [-0.2, 0) is 10.0 Å². The van der Waals surface area contributed by atoms with Gasteiger partial charge >= 0.3 is 0 Å². The number of carbonyl (C=O) groups is 1. The van der Waals surface area contributed by atoms with Crippen LogP contribution in [0.1, 0.15) is 41.3 Å². The molecule has 0 atom stereocenters. The number of nitrogens with zero attached hydrogens (tertiary/aromatic N) is 1. The van der Waals surface area contributed by atoms with Crippen molar-refractivity contribution in [2.24, 2.45) is 0 Å². The number of hydrogen-bond donors (Lipinski definition) is 1. The first-order valence-electron chi connectivity index (χ1n) is 8.53. The zero-order valence-corrected chi connectivity index (χ0v) is 16.7. The first-order chi connectivity index (χ1) is 12.1. The SMILES string of the molecule is Cc1cc(NCC(=O)c2cccc(S(=O)(=O)N(C)C)c2)ccc1C(C)C. The Hall–Kier alpha value is -2.18. The van der Waals surface area contributed by atoms with Crippen molar-refractivity contribution in [1.29, 1.82) is 0 Å². The van der Waals surface area contributed by atoms with Crippen molar-refractivity contribution in [1.82, 2.24) is 4.31 Å². The molecule has 0 fully saturated rings. The van der Waals surface area contributed by atoms with Crippen LogP contribution in [0.5, 0.6) is 0 Å². The lowest BCUT2D eigenvalue weighted by Gasteiger charge is -2.13. The average molecular weight is 375 g/mol. The molecule has 0 aliphatic heterocycles. The summed E-state index contributed by atoms with van der Waals surface area (Å²) in [5, 5.41) is 3.12. The number of aryl methyl sites for hydroxylation is 1. The van der Waals surface area contributed by atoms with Crippen LogP contribution in [0, 0.1) is 6.92 Å². The molecule has 6 heteroatoms. The van der Waals surface area contributed by atoms with Gasteiger partial charge in [0.25, 0.3) is 0 Å². The van der Waals surface area contributed by atoms with Gasteiger partial charge in [-0.25, -0.2) is 12.7 Å². The lowest BCUT2D eigenvalue weighted by Crippen LogP contribution is -2.22. The molecule has 140 valence electrons. The maximum atomic E-state index is 12.5. The molecule has 0 aliphatic rings. The second kappa shape index (κ2) is 8.01. The summed E-state index contributed by atoms with van der Waals surface area (Å²) in [5.74, 6) is 0.290. The highest BCUT2D eigenvalue weighted by atomic mass is 32.2. The van der Waals surface area contributed by atoms with Crippen LogP contribution in [0.4, 0.5) is 5.69 Å². The van der Waals surface area contributed by atoms with E-state index in [1.165, 1.54) is 37.4 Å². The van der Waals surface area contributed by atoms with E-state index in [0.29, 0.717) is 11.5 Å². The van der Waals surface area contributed by atoms with Gasteiger partial charge in [-0.1, -0.05) is 32.0 Å². The summed E-state index contributed by atoms with van der Waals surface area (Å²) in [6, 6.07) is 12.2. The van der Waals surface area contributed by atoms with Crippen molar-refractivity contribution in [2.75, 3.05) is 26.0 Å². The van der Waals surface area contributed by atoms with E-state index >= 15 is 0 Å². The van der Waals surface area contributed by atoms with Crippen molar-refractivity contribution in [2.45, 2.75) is 31.6 Å². The van der Waals surface area contributed by atoms with E-state index in [2.05, 4.69) is 32.2 Å². The monoisotopic (exact) mass is 374 g/mol. The molecule has 5 nitrogen and oxygen atoms in total. The van der Waals surface area contributed by atoms with Crippen molar-refractivity contribution in [3.8, 4) is 0 Å². The van der Waals surface area contributed by atoms with E-state index in [1.807, 2.05) is 12.1 Å². The Labute approximate surface area is 156 Å². The Morgan fingerprint density at radius 3 is 2.38 bits per heavy atom. The Morgan fingerprint density at radius 1 is 1.12 bits per heavy atom. The Morgan fingerprint density at radius 2 is 1.81 bits per heavy atom. The van der Waals surface area contributed by atoms with Gasteiger partial charge in [-0.2, -0.15) is 0 Å². The van der Waals surface area contributed by atoms with E-state index in [0.717, 1.165) is 9.99 Å². The third-order valence-corrected chi connectivity index (χ3v) is 6.09. The molecule has 2 aromatic carbocycles. The molecular formula is C20H26N2O3S. The maximum absolute atomic E-state index is 12.5. The predicted octanol–water partition coefficient (Wildman–Crippen LogP) is 3.66. The zero-order valence-electron chi connectivity index (χ0n) is 15.9. The quantitative estimate of drug-likeness (QED) is 0.751. The van der Waals surface area contributed by atoms with Gasteiger partial charge < -0.3 is 5.32 Å². The van der Waals surface area contributed by atoms with E-state index < -0.39 is 10.0 Å². The fourth-order valence-electron chi connectivity index (χ4n) is 2.76. The Kier molecular flexibility index (Phi) is 6.21. The van der Waals surface area contributed by atoms with Gasteiger partial charge in [0.1, 0.15) is 0 Å². The van der Waals surface area contributed by atoms with Crippen LogP contribution in [-0.4, -0.2) is 39.1 Å². The fraction of sp³-hybridized carbons (Fsp3) is 0.350. The summed E-state index contributed by atoms with van der Waals surface area (Å²) in [6.07, 6.45) is 0. The molecule has 1 N–H and O–H groups in total. The summed E-state index contributed by atoms with van der Waals surface area (Å²) in [6.45, 7) is 6.45. The van der Waals surface area contributed by atoms with Crippen molar-refractivity contribution < 1.29 is 13.2 Å². The number of anilines is 1. The van der Waals surface area contributed by atoms with Gasteiger partial charge in [0.15, 0.2) is 5.78 Å². The molecule has 0 aliphatic carbocycles.